The lowest BCUT2D eigenvalue weighted by Gasteiger charge is -2.36. The average molecular weight is 398 g/mol. The fourth-order valence-electron chi connectivity index (χ4n) is 3.88. The van der Waals surface area contributed by atoms with E-state index in [2.05, 4.69) is 12.2 Å². The van der Waals surface area contributed by atoms with Gasteiger partial charge in [0.2, 0.25) is 11.8 Å². The van der Waals surface area contributed by atoms with Gasteiger partial charge < -0.3 is 21.1 Å². The summed E-state index contributed by atoms with van der Waals surface area (Å²) in [5, 5.41) is 11.7. The predicted molar refractivity (Wildman–Crippen MR) is 114 cm³/mol. The van der Waals surface area contributed by atoms with Gasteiger partial charge in [0.15, 0.2) is 0 Å². The molecule has 0 aromatic rings. The van der Waals surface area contributed by atoms with Crippen molar-refractivity contribution >= 4 is 11.8 Å². The Balaban J connectivity index is 2.17. The monoisotopic (exact) mass is 397 g/mol. The predicted octanol–water partition coefficient (Wildman–Crippen LogP) is 3.11. The van der Waals surface area contributed by atoms with Gasteiger partial charge in [0.1, 0.15) is 6.04 Å². The molecule has 0 bridgehead atoms. The molecule has 0 saturated carbocycles. The number of nitrogens with two attached hydrogens (primary N) is 1. The first-order valence-electron chi connectivity index (χ1n) is 11.5. The van der Waals surface area contributed by atoms with Crippen LogP contribution in [0.15, 0.2) is 0 Å². The molecule has 1 heterocycles. The summed E-state index contributed by atoms with van der Waals surface area (Å²) in [4.78, 5) is 26.3. The van der Waals surface area contributed by atoms with Crippen molar-refractivity contribution in [2.24, 2.45) is 5.73 Å². The molecule has 1 fully saturated rings. The number of aliphatic hydroxyl groups excluding tert-OH is 1. The van der Waals surface area contributed by atoms with E-state index in [4.69, 9.17) is 10.8 Å². The van der Waals surface area contributed by atoms with Gasteiger partial charge in [-0.25, -0.2) is 0 Å². The highest BCUT2D eigenvalue weighted by Crippen LogP contribution is 2.19. The summed E-state index contributed by atoms with van der Waals surface area (Å²) in [6, 6.07) is -0.835. The summed E-state index contributed by atoms with van der Waals surface area (Å²) in [6.45, 7) is 3.09. The second-order valence-electron chi connectivity index (χ2n) is 8.20. The van der Waals surface area contributed by atoms with E-state index in [0.29, 0.717) is 13.0 Å². The normalized spacial score (nSPS) is 18.1. The van der Waals surface area contributed by atoms with E-state index in [9.17, 15) is 9.59 Å². The van der Waals surface area contributed by atoms with Gasteiger partial charge in [0.05, 0.1) is 6.61 Å². The highest BCUT2D eigenvalue weighted by atomic mass is 16.3. The molecule has 1 saturated heterocycles. The zero-order chi connectivity index (χ0) is 20.6. The highest BCUT2D eigenvalue weighted by Gasteiger charge is 2.27. The van der Waals surface area contributed by atoms with E-state index in [1.165, 1.54) is 51.4 Å². The van der Waals surface area contributed by atoms with Crippen molar-refractivity contribution in [3.63, 3.8) is 0 Å². The second kappa shape index (κ2) is 15.7. The van der Waals surface area contributed by atoms with E-state index in [0.717, 1.165) is 38.6 Å². The molecule has 1 unspecified atom stereocenters. The van der Waals surface area contributed by atoms with Crippen molar-refractivity contribution in [2.75, 3.05) is 19.7 Å². The van der Waals surface area contributed by atoms with Crippen molar-refractivity contribution in [3.05, 3.63) is 0 Å². The Hall–Kier alpha value is -1.14. The molecule has 28 heavy (non-hydrogen) atoms. The van der Waals surface area contributed by atoms with Gasteiger partial charge in [-0.2, -0.15) is 0 Å². The van der Waals surface area contributed by atoms with Gasteiger partial charge in [-0.15, -0.1) is 0 Å². The maximum Gasteiger partial charge on any atom is 0.239 e. The summed E-state index contributed by atoms with van der Waals surface area (Å²) in [5.41, 5.74) is 5.53. The second-order valence-corrected chi connectivity index (χ2v) is 8.20. The number of rotatable bonds is 15. The Bertz CT molecular complexity index is 431. The largest absolute Gasteiger partial charge is 0.394 e. The van der Waals surface area contributed by atoms with Gasteiger partial charge in [-0.05, 0) is 25.7 Å². The Labute approximate surface area is 171 Å². The molecule has 4 N–H and O–H groups in total. The van der Waals surface area contributed by atoms with Crippen molar-refractivity contribution < 1.29 is 14.7 Å². The third kappa shape index (κ3) is 10.4. The molecule has 0 spiro atoms. The van der Waals surface area contributed by atoms with Crippen LogP contribution in [0.2, 0.25) is 0 Å². The fourth-order valence-corrected chi connectivity index (χ4v) is 3.88. The zero-order valence-corrected chi connectivity index (χ0v) is 18.0. The molecule has 1 aliphatic rings. The van der Waals surface area contributed by atoms with E-state index in [1.54, 1.807) is 0 Å². The molecular weight excluding hydrogens is 354 g/mol. The molecule has 164 valence electrons. The first kappa shape index (κ1) is 24.9. The van der Waals surface area contributed by atoms with Crippen molar-refractivity contribution in [2.45, 2.75) is 109 Å². The summed E-state index contributed by atoms with van der Waals surface area (Å²) < 4.78 is 0. The standard InChI is InChI=1S/C22H43N3O3/c1-2-3-4-5-6-7-8-9-10-11-15-21(27)25-16-13-12-14-19(25)17-24-22(28)20(23)18-26/h19-20,26H,2-18,23H2,1H3,(H,24,28)/t19?,20-/m0/s1. The number of amides is 2. The zero-order valence-electron chi connectivity index (χ0n) is 18.0. The summed E-state index contributed by atoms with van der Waals surface area (Å²) in [7, 11) is 0. The number of nitrogens with one attached hydrogen (secondary N) is 1. The summed E-state index contributed by atoms with van der Waals surface area (Å²) >= 11 is 0. The maximum absolute atomic E-state index is 12.6. The van der Waals surface area contributed by atoms with Gasteiger partial charge in [-0.1, -0.05) is 64.7 Å². The maximum atomic E-state index is 12.6. The Kier molecular flexibility index (Phi) is 14.0. The Morgan fingerprint density at radius 2 is 1.64 bits per heavy atom. The number of hydrogen-bond donors (Lipinski definition) is 3. The SMILES string of the molecule is CCCCCCCCCCCCC(=O)N1CCCCC1CNC(=O)[C@@H](N)CO. The van der Waals surface area contributed by atoms with Crippen LogP contribution in [0.1, 0.15) is 96.8 Å². The molecule has 2 amide bonds. The number of carbonyl (C=O) groups excluding carboxylic acids is 2. The first-order chi connectivity index (χ1) is 13.6. The van der Waals surface area contributed by atoms with Crippen LogP contribution in [-0.4, -0.2) is 53.6 Å². The molecule has 2 atom stereocenters. The van der Waals surface area contributed by atoms with Gasteiger partial charge in [0, 0.05) is 25.6 Å². The van der Waals surface area contributed by atoms with Crippen LogP contribution < -0.4 is 11.1 Å². The molecule has 0 aromatic heterocycles. The minimum Gasteiger partial charge on any atom is -0.394 e. The van der Waals surface area contributed by atoms with Gasteiger partial charge in [-0.3, -0.25) is 9.59 Å². The number of unbranched alkanes of at least 4 members (excludes halogenated alkanes) is 9. The highest BCUT2D eigenvalue weighted by molar-refractivity contribution is 5.81. The minimum absolute atomic E-state index is 0.0548. The van der Waals surface area contributed by atoms with E-state index in [-0.39, 0.29) is 24.5 Å². The molecular formula is C22H43N3O3. The lowest BCUT2D eigenvalue weighted by molar-refractivity contribution is -0.135. The Morgan fingerprint density at radius 3 is 2.25 bits per heavy atom. The lowest BCUT2D eigenvalue weighted by Crippen LogP contribution is -2.52. The fraction of sp³-hybridized carbons (Fsp3) is 0.909. The van der Waals surface area contributed by atoms with Crippen molar-refractivity contribution in [3.8, 4) is 0 Å². The molecule has 6 nitrogen and oxygen atoms in total. The molecule has 0 aliphatic carbocycles. The van der Waals surface area contributed by atoms with Crippen LogP contribution in [0.25, 0.3) is 0 Å². The van der Waals surface area contributed by atoms with Crippen molar-refractivity contribution in [1.29, 1.82) is 0 Å². The minimum atomic E-state index is -0.889. The van der Waals surface area contributed by atoms with Crippen LogP contribution in [0, 0.1) is 0 Å². The number of aliphatic hydroxyl groups is 1. The van der Waals surface area contributed by atoms with Crippen LogP contribution >= 0.6 is 0 Å². The van der Waals surface area contributed by atoms with Crippen molar-refractivity contribution in [1.82, 2.24) is 10.2 Å². The van der Waals surface area contributed by atoms with Crippen LogP contribution in [-0.2, 0) is 9.59 Å². The molecule has 0 aromatic carbocycles. The number of likely N-dealkylation sites (tertiary alicyclic amines) is 1. The van der Waals surface area contributed by atoms with Gasteiger partial charge >= 0.3 is 0 Å². The topological polar surface area (TPSA) is 95.7 Å². The molecule has 1 rings (SSSR count). The van der Waals surface area contributed by atoms with E-state index in [1.807, 2.05) is 4.90 Å². The van der Waals surface area contributed by atoms with E-state index >= 15 is 0 Å². The smallest absolute Gasteiger partial charge is 0.239 e. The van der Waals surface area contributed by atoms with Gasteiger partial charge in [0.25, 0.3) is 0 Å². The van der Waals surface area contributed by atoms with Crippen LogP contribution in [0.5, 0.6) is 0 Å². The molecule has 6 heteroatoms. The molecule has 0 radical (unpaired) electrons. The third-order valence-corrected chi connectivity index (χ3v) is 5.74. The van der Waals surface area contributed by atoms with E-state index < -0.39 is 6.04 Å². The average Bonchev–Trinajstić information content (AvgIpc) is 2.72. The Morgan fingerprint density at radius 1 is 1.04 bits per heavy atom. The third-order valence-electron chi connectivity index (χ3n) is 5.74. The summed E-state index contributed by atoms with van der Waals surface area (Å²) in [5.74, 6) is -0.139. The number of carbonyl (C=O) groups is 2. The summed E-state index contributed by atoms with van der Waals surface area (Å²) in [6.07, 6.45) is 16.3. The van der Waals surface area contributed by atoms with Crippen LogP contribution in [0.4, 0.5) is 0 Å². The number of piperidine rings is 1. The lowest BCUT2D eigenvalue weighted by atomic mass is 10.0. The van der Waals surface area contributed by atoms with Crippen LogP contribution in [0.3, 0.4) is 0 Å². The number of nitrogens with zero attached hydrogens (tertiary/aromatic N) is 1. The first-order valence-corrected chi connectivity index (χ1v) is 11.5. The molecule has 1 aliphatic heterocycles. The number of hydrogen-bond acceptors (Lipinski definition) is 4. The quantitative estimate of drug-likeness (QED) is 0.370.